The fraction of sp³-hybridized carbons (Fsp3) is 0.294. The zero-order valence-electron chi connectivity index (χ0n) is 13.6. The first-order valence-corrected chi connectivity index (χ1v) is 8.51. The molecule has 0 saturated heterocycles. The number of aryl methyl sites for hydroxylation is 1. The average Bonchev–Trinajstić information content (AvgIpc) is 2.56. The van der Waals surface area contributed by atoms with Crippen LogP contribution in [0.5, 0.6) is 11.5 Å². The van der Waals surface area contributed by atoms with E-state index < -0.39 is 9.84 Å². The first-order valence-electron chi connectivity index (χ1n) is 7.03. The van der Waals surface area contributed by atoms with Crippen molar-refractivity contribution in [2.45, 2.75) is 30.6 Å². The average molecular weight is 322 g/mol. The summed E-state index contributed by atoms with van der Waals surface area (Å²) in [5, 5.41) is 0. The molecule has 22 heavy (non-hydrogen) atoms. The first-order chi connectivity index (χ1) is 10.5. The largest absolute Gasteiger partial charge is 0.493 e. The molecule has 0 atom stereocenters. The fourth-order valence-electron chi connectivity index (χ4n) is 1.84. The number of hydrogen-bond donors (Lipinski definition) is 0. The molecule has 0 bridgehead atoms. The van der Waals surface area contributed by atoms with Gasteiger partial charge in [0.15, 0.2) is 11.5 Å². The maximum Gasteiger partial charge on any atom is 0.206 e. The lowest BCUT2D eigenvalue weighted by molar-refractivity contribution is 0.354. The molecule has 0 aliphatic carbocycles. The van der Waals surface area contributed by atoms with E-state index in [2.05, 4.69) is 0 Å². The van der Waals surface area contributed by atoms with Gasteiger partial charge in [-0.05, 0) is 31.2 Å². The SMILES string of the molecule is CC.COc1ccc(S(=O)(=O)c2ccc(C)cc2)cc1OC. The van der Waals surface area contributed by atoms with Gasteiger partial charge in [-0.1, -0.05) is 31.5 Å². The summed E-state index contributed by atoms with van der Waals surface area (Å²) in [7, 11) is -0.571. The molecule has 0 spiro atoms. The van der Waals surface area contributed by atoms with Crippen molar-refractivity contribution in [3.63, 3.8) is 0 Å². The highest BCUT2D eigenvalue weighted by Gasteiger charge is 2.19. The number of ether oxygens (including phenoxy) is 2. The van der Waals surface area contributed by atoms with Crippen molar-refractivity contribution in [2.24, 2.45) is 0 Å². The molecule has 0 saturated carbocycles. The molecular weight excluding hydrogens is 300 g/mol. The van der Waals surface area contributed by atoms with Crippen LogP contribution in [-0.2, 0) is 9.84 Å². The fourth-order valence-corrected chi connectivity index (χ4v) is 3.11. The van der Waals surface area contributed by atoms with Gasteiger partial charge < -0.3 is 9.47 Å². The Balaban J connectivity index is 0.00000116. The van der Waals surface area contributed by atoms with Crippen molar-refractivity contribution >= 4 is 9.84 Å². The second-order valence-corrected chi connectivity index (χ2v) is 6.28. The van der Waals surface area contributed by atoms with Crippen LogP contribution in [-0.4, -0.2) is 22.6 Å². The zero-order valence-corrected chi connectivity index (χ0v) is 14.4. The molecule has 0 amide bonds. The van der Waals surface area contributed by atoms with Crippen molar-refractivity contribution in [3.05, 3.63) is 48.0 Å². The molecule has 0 fully saturated rings. The van der Waals surface area contributed by atoms with Crippen LogP contribution in [0.15, 0.2) is 52.3 Å². The Morgan fingerprint density at radius 3 is 1.77 bits per heavy atom. The predicted octanol–water partition coefficient (Wildman–Crippen LogP) is 3.87. The van der Waals surface area contributed by atoms with Crippen LogP contribution in [0.3, 0.4) is 0 Å². The topological polar surface area (TPSA) is 52.6 Å². The minimum absolute atomic E-state index is 0.180. The summed E-state index contributed by atoms with van der Waals surface area (Å²) in [5.74, 6) is 0.885. The third-order valence-corrected chi connectivity index (χ3v) is 4.76. The van der Waals surface area contributed by atoms with Crippen LogP contribution >= 0.6 is 0 Å². The molecule has 2 aromatic carbocycles. The second kappa shape index (κ2) is 7.84. The highest BCUT2D eigenvalue weighted by molar-refractivity contribution is 7.91. The van der Waals surface area contributed by atoms with E-state index in [1.165, 1.54) is 26.4 Å². The van der Waals surface area contributed by atoms with Gasteiger partial charge >= 0.3 is 0 Å². The van der Waals surface area contributed by atoms with Gasteiger partial charge in [0, 0.05) is 6.07 Å². The maximum absolute atomic E-state index is 12.5. The molecular formula is C17H22O4S. The van der Waals surface area contributed by atoms with E-state index in [0.717, 1.165) is 5.56 Å². The minimum Gasteiger partial charge on any atom is -0.493 e. The van der Waals surface area contributed by atoms with E-state index in [0.29, 0.717) is 11.5 Å². The normalized spacial score (nSPS) is 10.4. The van der Waals surface area contributed by atoms with E-state index in [1.807, 2.05) is 20.8 Å². The quantitative estimate of drug-likeness (QED) is 0.857. The van der Waals surface area contributed by atoms with Gasteiger partial charge in [-0.15, -0.1) is 0 Å². The predicted molar refractivity (Wildman–Crippen MR) is 87.5 cm³/mol. The molecule has 0 radical (unpaired) electrons. The smallest absolute Gasteiger partial charge is 0.206 e. The van der Waals surface area contributed by atoms with Gasteiger partial charge in [-0.3, -0.25) is 0 Å². The summed E-state index contributed by atoms with van der Waals surface area (Å²) < 4.78 is 35.3. The van der Waals surface area contributed by atoms with Gasteiger partial charge in [0.2, 0.25) is 9.84 Å². The van der Waals surface area contributed by atoms with Gasteiger partial charge in [0.25, 0.3) is 0 Å². The molecule has 0 N–H and O–H groups in total. The summed E-state index contributed by atoms with van der Waals surface area (Å²) in [6.07, 6.45) is 0. The molecule has 0 heterocycles. The Morgan fingerprint density at radius 1 is 0.773 bits per heavy atom. The third kappa shape index (κ3) is 3.80. The standard InChI is InChI=1S/C15H16O4S.C2H6/c1-11-4-6-12(7-5-11)20(16,17)13-8-9-14(18-2)15(10-13)19-3;1-2/h4-10H,1-3H3;1-2H3. The lowest BCUT2D eigenvalue weighted by Gasteiger charge is -2.10. The number of methoxy groups -OCH3 is 2. The molecule has 0 unspecified atom stereocenters. The Morgan fingerprint density at radius 2 is 1.27 bits per heavy atom. The number of sulfone groups is 1. The molecule has 2 rings (SSSR count). The Bertz CT molecular complexity index is 704. The van der Waals surface area contributed by atoms with Crippen LogP contribution in [0.4, 0.5) is 0 Å². The highest BCUT2D eigenvalue weighted by Crippen LogP contribution is 2.31. The highest BCUT2D eigenvalue weighted by atomic mass is 32.2. The number of rotatable bonds is 4. The molecule has 0 aromatic heterocycles. The number of hydrogen-bond acceptors (Lipinski definition) is 4. The lowest BCUT2D eigenvalue weighted by Crippen LogP contribution is -2.03. The van der Waals surface area contributed by atoms with E-state index in [1.54, 1.807) is 30.3 Å². The first kappa shape index (κ1) is 18.0. The van der Waals surface area contributed by atoms with Crippen molar-refractivity contribution in [1.82, 2.24) is 0 Å². The van der Waals surface area contributed by atoms with E-state index in [9.17, 15) is 8.42 Å². The summed E-state index contributed by atoms with van der Waals surface area (Å²) in [4.78, 5) is 0.439. The van der Waals surface area contributed by atoms with Crippen LogP contribution in [0, 0.1) is 6.92 Å². The summed E-state index contributed by atoms with van der Waals surface area (Å²) in [6, 6.07) is 11.3. The molecule has 0 aliphatic heterocycles. The monoisotopic (exact) mass is 322 g/mol. The summed E-state index contributed by atoms with van der Waals surface area (Å²) >= 11 is 0. The van der Waals surface area contributed by atoms with Crippen molar-refractivity contribution < 1.29 is 17.9 Å². The van der Waals surface area contributed by atoms with Crippen molar-refractivity contribution in [2.75, 3.05) is 14.2 Å². The molecule has 2 aromatic rings. The Kier molecular flexibility index (Phi) is 6.43. The van der Waals surface area contributed by atoms with Crippen LogP contribution in [0.2, 0.25) is 0 Å². The molecule has 4 nitrogen and oxygen atoms in total. The van der Waals surface area contributed by atoms with Gasteiger partial charge in [-0.2, -0.15) is 0 Å². The lowest BCUT2D eigenvalue weighted by atomic mass is 10.2. The number of benzene rings is 2. The summed E-state index contributed by atoms with van der Waals surface area (Å²) in [6.45, 7) is 5.91. The van der Waals surface area contributed by atoms with Crippen LogP contribution in [0.25, 0.3) is 0 Å². The molecule has 120 valence electrons. The van der Waals surface area contributed by atoms with Crippen molar-refractivity contribution in [1.29, 1.82) is 0 Å². The van der Waals surface area contributed by atoms with Crippen molar-refractivity contribution in [3.8, 4) is 11.5 Å². The molecule has 0 aliphatic rings. The minimum atomic E-state index is -3.55. The van der Waals surface area contributed by atoms with Crippen LogP contribution in [0.1, 0.15) is 19.4 Å². The maximum atomic E-state index is 12.5. The van der Waals surface area contributed by atoms with E-state index >= 15 is 0 Å². The third-order valence-electron chi connectivity index (χ3n) is 3.00. The van der Waals surface area contributed by atoms with E-state index in [4.69, 9.17) is 9.47 Å². The van der Waals surface area contributed by atoms with E-state index in [-0.39, 0.29) is 9.79 Å². The zero-order chi connectivity index (χ0) is 16.8. The second-order valence-electron chi connectivity index (χ2n) is 4.33. The Hall–Kier alpha value is -2.01. The summed E-state index contributed by atoms with van der Waals surface area (Å²) in [5.41, 5.74) is 1.01. The van der Waals surface area contributed by atoms with Gasteiger partial charge in [0.05, 0.1) is 24.0 Å². The Labute approximate surface area is 132 Å². The van der Waals surface area contributed by atoms with Gasteiger partial charge in [0.1, 0.15) is 0 Å². The molecule has 5 heteroatoms. The van der Waals surface area contributed by atoms with Gasteiger partial charge in [-0.25, -0.2) is 8.42 Å². The van der Waals surface area contributed by atoms with Crippen LogP contribution < -0.4 is 9.47 Å².